The van der Waals surface area contributed by atoms with Gasteiger partial charge in [-0.3, -0.25) is 4.79 Å². The molecule has 1 aromatic rings. The molecule has 8 heteroatoms. The Kier molecular flexibility index (Phi) is 7.46. The van der Waals surface area contributed by atoms with E-state index in [0.29, 0.717) is 36.9 Å². The largest absolute Gasteiger partial charge is 0.342 e. The highest BCUT2D eigenvalue weighted by molar-refractivity contribution is 7.89. The molecule has 6 nitrogen and oxygen atoms in total. The second-order valence-corrected chi connectivity index (χ2v) is 8.77. The monoisotopic (exact) mass is 401 g/mol. The van der Waals surface area contributed by atoms with Crippen LogP contribution < -0.4 is 10.0 Å². The molecule has 26 heavy (non-hydrogen) atoms. The lowest BCUT2D eigenvalue weighted by Gasteiger charge is -2.23. The Morgan fingerprint density at radius 3 is 2.65 bits per heavy atom. The maximum absolute atomic E-state index is 12.6. The zero-order valence-corrected chi connectivity index (χ0v) is 16.8. The quantitative estimate of drug-likeness (QED) is 0.797. The van der Waals surface area contributed by atoms with Gasteiger partial charge in [0.2, 0.25) is 15.9 Å². The molecule has 0 spiro atoms. The van der Waals surface area contributed by atoms with E-state index >= 15 is 0 Å². The summed E-state index contributed by atoms with van der Waals surface area (Å²) in [4.78, 5) is 13.7. The molecule has 1 fully saturated rings. The van der Waals surface area contributed by atoms with Crippen molar-refractivity contribution in [3.63, 3.8) is 0 Å². The number of nitrogens with zero attached hydrogens (tertiary/aromatic N) is 1. The highest BCUT2D eigenvalue weighted by atomic mass is 35.5. The minimum Gasteiger partial charge on any atom is -0.342 e. The molecule has 0 bridgehead atoms. The van der Waals surface area contributed by atoms with E-state index in [4.69, 9.17) is 0 Å². The van der Waals surface area contributed by atoms with Gasteiger partial charge in [0.15, 0.2) is 0 Å². The Morgan fingerprint density at radius 2 is 2.00 bits per heavy atom. The molecule has 0 aromatic heterocycles. The van der Waals surface area contributed by atoms with Crippen molar-refractivity contribution >= 4 is 28.3 Å². The van der Waals surface area contributed by atoms with Crippen LogP contribution in [0.5, 0.6) is 0 Å². The molecule has 146 valence electrons. The Labute approximate surface area is 162 Å². The van der Waals surface area contributed by atoms with Crippen LogP contribution in [0, 0.1) is 5.92 Å². The molecule has 3 rings (SSSR count). The molecule has 0 radical (unpaired) electrons. The molecule has 1 aromatic carbocycles. The van der Waals surface area contributed by atoms with E-state index in [1.165, 1.54) is 0 Å². The third-order valence-electron chi connectivity index (χ3n) is 5.20. The van der Waals surface area contributed by atoms with E-state index in [1.807, 2.05) is 11.0 Å². The molecule has 0 saturated carbocycles. The number of benzene rings is 1. The lowest BCUT2D eigenvalue weighted by Crippen LogP contribution is -2.38. The Hall–Kier alpha value is -1.15. The highest BCUT2D eigenvalue weighted by Gasteiger charge is 2.21. The average Bonchev–Trinajstić information content (AvgIpc) is 2.83. The number of fused-ring (bicyclic) bond motifs is 1. The standard InChI is InChI=1S/C18H27N3O3S.ClH/c1-14(22)21-9-6-16-4-5-18(11-17(16)7-10-21)25(23,24)20-13-15-3-2-8-19-12-15;/h4-5,11,15,19-20H,2-3,6-10,12-13H2,1H3;1H. The second kappa shape index (κ2) is 9.17. The van der Waals surface area contributed by atoms with Crippen molar-refractivity contribution in [1.82, 2.24) is 14.9 Å². The smallest absolute Gasteiger partial charge is 0.240 e. The summed E-state index contributed by atoms with van der Waals surface area (Å²) in [5.74, 6) is 0.428. The Bertz CT molecular complexity index is 733. The first kappa shape index (κ1) is 21.2. The number of rotatable bonds is 4. The number of nitrogens with one attached hydrogen (secondary N) is 2. The Morgan fingerprint density at radius 1 is 1.27 bits per heavy atom. The Balaban J connectivity index is 0.00000243. The van der Waals surface area contributed by atoms with Gasteiger partial charge in [-0.05, 0) is 68.0 Å². The van der Waals surface area contributed by atoms with Crippen molar-refractivity contribution in [3.05, 3.63) is 29.3 Å². The van der Waals surface area contributed by atoms with E-state index in [-0.39, 0.29) is 18.3 Å². The first-order chi connectivity index (χ1) is 12.0. The predicted molar refractivity (Wildman–Crippen MR) is 104 cm³/mol. The highest BCUT2D eigenvalue weighted by Crippen LogP contribution is 2.21. The van der Waals surface area contributed by atoms with E-state index < -0.39 is 10.0 Å². The van der Waals surface area contributed by atoms with Crippen molar-refractivity contribution in [2.75, 3.05) is 32.7 Å². The third-order valence-corrected chi connectivity index (χ3v) is 6.62. The van der Waals surface area contributed by atoms with Crippen LogP contribution in [0.2, 0.25) is 0 Å². The van der Waals surface area contributed by atoms with Gasteiger partial charge < -0.3 is 10.2 Å². The van der Waals surface area contributed by atoms with Crippen molar-refractivity contribution in [1.29, 1.82) is 0 Å². The molecule has 1 unspecified atom stereocenters. The van der Waals surface area contributed by atoms with Gasteiger partial charge >= 0.3 is 0 Å². The van der Waals surface area contributed by atoms with Crippen molar-refractivity contribution in [2.24, 2.45) is 5.92 Å². The van der Waals surface area contributed by atoms with Gasteiger partial charge in [0.1, 0.15) is 0 Å². The molecule has 0 aliphatic carbocycles. The number of piperidine rings is 1. The summed E-state index contributed by atoms with van der Waals surface area (Å²) < 4.78 is 28.0. The third kappa shape index (κ3) is 5.19. The number of sulfonamides is 1. The average molecular weight is 402 g/mol. The maximum Gasteiger partial charge on any atom is 0.240 e. The SMILES string of the molecule is CC(=O)N1CCc2ccc(S(=O)(=O)NCC3CCCNC3)cc2CC1.Cl. The summed E-state index contributed by atoms with van der Waals surface area (Å²) in [6.07, 6.45) is 3.62. The normalized spacial score (nSPS) is 20.7. The number of hydrogen-bond acceptors (Lipinski definition) is 4. The molecular formula is C18H28ClN3O3S. The summed E-state index contributed by atoms with van der Waals surface area (Å²) in [5, 5.41) is 3.30. The molecule has 1 saturated heterocycles. The van der Waals surface area contributed by atoms with Gasteiger partial charge in [0, 0.05) is 26.6 Å². The first-order valence-corrected chi connectivity index (χ1v) is 10.5. The van der Waals surface area contributed by atoms with E-state index in [2.05, 4.69) is 10.0 Å². The van der Waals surface area contributed by atoms with Crippen molar-refractivity contribution in [2.45, 2.75) is 37.5 Å². The van der Waals surface area contributed by atoms with Gasteiger partial charge in [-0.15, -0.1) is 12.4 Å². The van der Waals surface area contributed by atoms with Crippen LogP contribution in [-0.2, 0) is 27.7 Å². The molecule has 2 N–H and O–H groups in total. The summed E-state index contributed by atoms with van der Waals surface area (Å²) in [6.45, 7) is 5.29. The van der Waals surface area contributed by atoms with Crippen LogP contribution in [0.15, 0.2) is 23.1 Å². The van der Waals surface area contributed by atoms with Crippen LogP contribution in [-0.4, -0.2) is 51.9 Å². The van der Waals surface area contributed by atoms with E-state index in [0.717, 1.165) is 43.5 Å². The van der Waals surface area contributed by atoms with Gasteiger partial charge in [0.05, 0.1) is 4.90 Å². The number of amides is 1. The molecule has 2 aliphatic rings. The molecule has 1 atom stereocenters. The van der Waals surface area contributed by atoms with Crippen LogP contribution in [0.1, 0.15) is 30.9 Å². The van der Waals surface area contributed by atoms with E-state index in [1.54, 1.807) is 19.1 Å². The molecule has 2 aliphatic heterocycles. The van der Waals surface area contributed by atoms with Crippen LogP contribution in [0.25, 0.3) is 0 Å². The summed E-state index contributed by atoms with van der Waals surface area (Å²) in [5.41, 5.74) is 2.17. The van der Waals surface area contributed by atoms with Gasteiger partial charge in [-0.25, -0.2) is 13.1 Å². The van der Waals surface area contributed by atoms with Crippen LogP contribution in [0.3, 0.4) is 0 Å². The van der Waals surface area contributed by atoms with Crippen molar-refractivity contribution in [3.8, 4) is 0 Å². The lowest BCUT2D eigenvalue weighted by molar-refractivity contribution is -0.128. The fourth-order valence-electron chi connectivity index (χ4n) is 3.59. The molecule has 2 heterocycles. The van der Waals surface area contributed by atoms with Crippen LogP contribution in [0.4, 0.5) is 0 Å². The van der Waals surface area contributed by atoms with Gasteiger partial charge in [0.25, 0.3) is 0 Å². The lowest BCUT2D eigenvalue weighted by atomic mass is 10.0. The minimum atomic E-state index is -3.49. The van der Waals surface area contributed by atoms with Gasteiger partial charge in [-0.2, -0.15) is 0 Å². The predicted octanol–water partition coefficient (Wildman–Crippen LogP) is 1.33. The fraction of sp³-hybridized carbons (Fsp3) is 0.611. The number of hydrogen-bond donors (Lipinski definition) is 2. The first-order valence-electron chi connectivity index (χ1n) is 9.03. The molecular weight excluding hydrogens is 374 g/mol. The molecule has 1 amide bonds. The number of carbonyl (C=O) groups is 1. The minimum absolute atomic E-state index is 0. The van der Waals surface area contributed by atoms with Crippen molar-refractivity contribution < 1.29 is 13.2 Å². The maximum atomic E-state index is 12.6. The zero-order chi connectivity index (χ0) is 17.9. The second-order valence-electron chi connectivity index (χ2n) is 7.00. The van der Waals surface area contributed by atoms with Gasteiger partial charge in [-0.1, -0.05) is 6.07 Å². The fourth-order valence-corrected chi connectivity index (χ4v) is 4.76. The summed E-state index contributed by atoms with van der Waals surface area (Å²) in [6, 6.07) is 5.36. The summed E-state index contributed by atoms with van der Waals surface area (Å²) in [7, 11) is -3.49. The topological polar surface area (TPSA) is 78.5 Å². The van der Waals surface area contributed by atoms with E-state index in [9.17, 15) is 13.2 Å². The summed E-state index contributed by atoms with van der Waals surface area (Å²) >= 11 is 0. The number of carbonyl (C=O) groups excluding carboxylic acids is 1. The van der Waals surface area contributed by atoms with Crippen LogP contribution >= 0.6 is 12.4 Å². The zero-order valence-electron chi connectivity index (χ0n) is 15.2. The number of halogens is 1.